The molecule has 1 aliphatic rings. The number of furan rings is 1. The maximum Gasteiger partial charge on any atom is 0.289 e. The Hall–Kier alpha value is -1.29. The number of nitrogens with zero attached hydrogens (tertiary/aromatic N) is 1. The zero-order valence-electron chi connectivity index (χ0n) is 9.61. The lowest BCUT2D eigenvalue weighted by Crippen LogP contribution is -2.29. The van der Waals surface area contributed by atoms with Gasteiger partial charge in [0.05, 0.1) is 0 Å². The summed E-state index contributed by atoms with van der Waals surface area (Å²) in [5.74, 6) is 1.76. The molecule has 88 valence electrons. The van der Waals surface area contributed by atoms with Crippen LogP contribution in [-0.4, -0.2) is 30.4 Å². The van der Waals surface area contributed by atoms with Crippen molar-refractivity contribution in [1.29, 1.82) is 0 Å². The third-order valence-electron chi connectivity index (χ3n) is 3.13. The molecule has 1 amide bonds. The number of rotatable bonds is 3. The van der Waals surface area contributed by atoms with Crippen molar-refractivity contribution in [3.63, 3.8) is 0 Å². The molecule has 1 atom stereocenters. The van der Waals surface area contributed by atoms with Gasteiger partial charge in [0.15, 0.2) is 5.76 Å². The van der Waals surface area contributed by atoms with Gasteiger partial charge >= 0.3 is 0 Å². The monoisotopic (exact) mass is 222 g/mol. The predicted octanol–water partition coefficient (Wildman–Crippen LogP) is 1.26. The van der Waals surface area contributed by atoms with Crippen molar-refractivity contribution in [2.75, 3.05) is 19.6 Å². The van der Waals surface area contributed by atoms with E-state index in [4.69, 9.17) is 10.2 Å². The number of amides is 1. The van der Waals surface area contributed by atoms with Crippen molar-refractivity contribution < 1.29 is 9.21 Å². The molecule has 1 unspecified atom stereocenters. The van der Waals surface area contributed by atoms with Gasteiger partial charge in [0.25, 0.3) is 5.91 Å². The Kier molecular flexibility index (Phi) is 3.29. The van der Waals surface area contributed by atoms with Gasteiger partial charge in [-0.05, 0) is 31.0 Å². The van der Waals surface area contributed by atoms with E-state index in [0.29, 0.717) is 18.2 Å². The molecule has 2 heterocycles. The lowest BCUT2D eigenvalue weighted by atomic mass is 10.1. The Bertz CT molecular complexity index is 373. The number of hydrogen-bond donors (Lipinski definition) is 1. The molecule has 0 aromatic carbocycles. The summed E-state index contributed by atoms with van der Waals surface area (Å²) in [6.07, 6.45) is 1.82. The summed E-state index contributed by atoms with van der Waals surface area (Å²) in [7, 11) is 0. The molecule has 0 radical (unpaired) electrons. The van der Waals surface area contributed by atoms with Gasteiger partial charge in [-0.3, -0.25) is 4.79 Å². The van der Waals surface area contributed by atoms with Crippen LogP contribution in [0.1, 0.15) is 29.7 Å². The average molecular weight is 222 g/mol. The molecule has 4 heteroatoms. The largest absolute Gasteiger partial charge is 0.456 e. The standard InChI is InChI=1S/C12H18N2O2/c1-2-10-3-4-11(16-10)12(15)14-6-5-9(7-13)8-14/h3-4,9H,2,5-8,13H2,1H3. The van der Waals surface area contributed by atoms with Crippen LogP contribution in [-0.2, 0) is 6.42 Å². The van der Waals surface area contributed by atoms with Gasteiger partial charge in [-0.25, -0.2) is 0 Å². The summed E-state index contributed by atoms with van der Waals surface area (Å²) < 4.78 is 5.45. The maximum atomic E-state index is 12.0. The number of carbonyl (C=O) groups is 1. The second kappa shape index (κ2) is 4.70. The molecule has 2 rings (SSSR count). The minimum absolute atomic E-state index is 0.00403. The van der Waals surface area contributed by atoms with Crippen LogP contribution in [0.4, 0.5) is 0 Å². The normalized spacial score (nSPS) is 20.4. The van der Waals surface area contributed by atoms with Crippen molar-refractivity contribution in [1.82, 2.24) is 4.90 Å². The Morgan fingerprint density at radius 3 is 3.00 bits per heavy atom. The molecule has 0 spiro atoms. The van der Waals surface area contributed by atoms with Gasteiger partial charge in [-0.2, -0.15) is 0 Å². The van der Waals surface area contributed by atoms with Crippen molar-refractivity contribution in [3.8, 4) is 0 Å². The highest BCUT2D eigenvalue weighted by atomic mass is 16.4. The predicted molar refractivity (Wildman–Crippen MR) is 61.2 cm³/mol. The van der Waals surface area contributed by atoms with Crippen LogP contribution in [0.15, 0.2) is 16.5 Å². The Labute approximate surface area is 95.4 Å². The lowest BCUT2D eigenvalue weighted by Gasteiger charge is -2.14. The van der Waals surface area contributed by atoms with Crippen LogP contribution in [0.2, 0.25) is 0 Å². The summed E-state index contributed by atoms with van der Waals surface area (Å²) >= 11 is 0. The minimum atomic E-state index is -0.00403. The first-order valence-electron chi connectivity index (χ1n) is 5.82. The summed E-state index contributed by atoms with van der Waals surface area (Å²) in [4.78, 5) is 13.9. The Balaban J connectivity index is 2.02. The van der Waals surface area contributed by atoms with E-state index in [9.17, 15) is 4.79 Å². The van der Waals surface area contributed by atoms with Crippen LogP contribution >= 0.6 is 0 Å². The smallest absolute Gasteiger partial charge is 0.289 e. The Morgan fingerprint density at radius 2 is 2.44 bits per heavy atom. The molecule has 0 aliphatic carbocycles. The third kappa shape index (κ3) is 2.11. The van der Waals surface area contributed by atoms with Crippen LogP contribution < -0.4 is 5.73 Å². The van der Waals surface area contributed by atoms with Gasteiger partial charge in [-0.1, -0.05) is 6.92 Å². The first kappa shape index (κ1) is 11.2. The van der Waals surface area contributed by atoms with Gasteiger partial charge in [0, 0.05) is 19.5 Å². The molecule has 0 saturated carbocycles. The number of likely N-dealkylation sites (tertiary alicyclic amines) is 1. The summed E-state index contributed by atoms with van der Waals surface area (Å²) in [5, 5.41) is 0. The zero-order chi connectivity index (χ0) is 11.5. The fourth-order valence-corrected chi connectivity index (χ4v) is 2.05. The summed E-state index contributed by atoms with van der Waals surface area (Å²) in [5.41, 5.74) is 5.60. The highest BCUT2D eigenvalue weighted by Crippen LogP contribution is 2.19. The molecule has 2 N–H and O–H groups in total. The second-order valence-corrected chi connectivity index (χ2v) is 4.26. The second-order valence-electron chi connectivity index (χ2n) is 4.26. The maximum absolute atomic E-state index is 12.0. The molecule has 1 aromatic rings. The first-order chi connectivity index (χ1) is 7.74. The fraction of sp³-hybridized carbons (Fsp3) is 0.583. The van der Waals surface area contributed by atoms with E-state index in [-0.39, 0.29) is 5.91 Å². The summed E-state index contributed by atoms with van der Waals surface area (Å²) in [6.45, 7) is 4.22. The summed E-state index contributed by atoms with van der Waals surface area (Å²) in [6, 6.07) is 3.63. The van der Waals surface area contributed by atoms with Gasteiger partial charge in [0.2, 0.25) is 0 Å². The minimum Gasteiger partial charge on any atom is -0.456 e. The van der Waals surface area contributed by atoms with Crippen LogP contribution in [0.25, 0.3) is 0 Å². The highest BCUT2D eigenvalue weighted by Gasteiger charge is 2.27. The van der Waals surface area contributed by atoms with E-state index in [1.807, 2.05) is 17.9 Å². The van der Waals surface area contributed by atoms with E-state index in [2.05, 4.69) is 0 Å². The van der Waals surface area contributed by atoms with Gasteiger partial charge < -0.3 is 15.1 Å². The third-order valence-corrected chi connectivity index (χ3v) is 3.13. The van der Waals surface area contributed by atoms with Gasteiger partial charge in [0.1, 0.15) is 5.76 Å². The molecule has 16 heavy (non-hydrogen) atoms. The van der Waals surface area contributed by atoms with Crippen LogP contribution in [0.5, 0.6) is 0 Å². The number of aryl methyl sites for hydroxylation is 1. The van der Waals surface area contributed by atoms with Crippen molar-refractivity contribution in [2.45, 2.75) is 19.8 Å². The van der Waals surface area contributed by atoms with Crippen LogP contribution in [0.3, 0.4) is 0 Å². The van der Waals surface area contributed by atoms with Crippen molar-refractivity contribution in [2.24, 2.45) is 11.7 Å². The zero-order valence-corrected chi connectivity index (χ0v) is 9.61. The molecular formula is C12H18N2O2. The molecular weight excluding hydrogens is 204 g/mol. The van der Waals surface area contributed by atoms with Gasteiger partial charge in [-0.15, -0.1) is 0 Å². The molecule has 1 aliphatic heterocycles. The quantitative estimate of drug-likeness (QED) is 0.837. The topological polar surface area (TPSA) is 59.5 Å². The molecule has 1 saturated heterocycles. The average Bonchev–Trinajstić information content (AvgIpc) is 2.97. The van der Waals surface area contributed by atoms with E-state index in [1.54, 1.807) is 6.07 Å². The number of nitrogens with two attached hydrogens (primary N) is 1. The number of hydrogen-bond acceptors (Lipinski definition) is 3. The van der Waals surface area contributed by atoms with E-state index in [0.717, 1.165) is 31.7 Å². The molecule has 1 fully saturated rings. The number of carbonyl (C=O) groups excluding carboxylic acids is 1. The lowest BCUT2D eigenvalue weighted by molar-refractivity contribution is 0.0754. The van der Waals surface area contributed by atoms with Crippen molar-refractivity contribution in [3.05, 3.63) is 23.7 Å². The highest BCUT2D eigenvalue weighted by molar-refractivity contribution is 5.91. The van der Waals surface area contributed by atoms with E-state index >= 15 is 0 Å². The SMILES string of the molecule is CCc1ccc(C(=O)N2CCC(CN)C2)o1. The van der Waals surface area contributed by atoms with Crippen LogP contribution in [0, 0.1) is 5.92 Å². The molecule has 0 bridgehead atoms. The fourth-order valence-electron chi connectivity index (χ4n) is 2.05. The molecule has 4 nitrogen and oxygen atoms in total. The van der Waals surface area contributed by atoms with E-state index in [1.165, 1.54) is 0 Å². The molecule has 1 aromatic heterocycles. The first-order valence-corrected chi connectivity index (χ1v) is 5.82. The van der Waals surface area contributed by atoms with Crippen molar-refractivity contribution >= 4 is 5.91 Å². The Morgan fingerprint density at radius 1 is 1.62 bits per heavy atom. The van der Waals surface area contributed by atoms with E-state index < -0.39 is 0 Å².